The largest absolute Gasteiger partial charge is 0.477 e. The Morgan fingerprint density at radius 2 is 1.90 bits per heavy atom. The molecule has 0 saturated heterocycles. The van der Waals surface area contributed by atoms with Crippen molar-refractivity contribution < 1.29 is 14.3 Å². The number of hydrogen-bond acceptors (Lipinski definition) is 5. The second kappa shape index (κ2) is 7.98. The van der Waals surface area contributed by atoms with E-state index in [2.05, 4.69) is 10.1 Å². The number of halogens is 1. The van der Waals surface area contributed by atoms with Gasteiger partial charge in [-0.1, -0.05) is 11.6 Å². The fourth-order valence-corrected chi connectivity index (χ4v) is 3.98. The molecule has 0 radical (unpaired) electrons. The number of carbonyl (C=O) groups excluding carboxylic acids is 1. The highest BCUT2D eigenvalue weighted by Crippen LogP contribution is 2.50. The molecule has 2 fully saturated rings. The van der Waals surface area contributed by atoms with E-state index in [1.165, 1.54) is 25.7 Å². The summed E-state index contributed by atoms with van der Waals surface area (Å²) in [5.74, 6) is 3.29. The van der Waals surface area contributed by atoms with Gasteiger partial charge in [-0.2, -0.15) is 0 Å². The molecule has 2 aliphatic carbocycles. The lowest BCUT2D eigenvalue weighted by Crippen LogP contribution is -2.24. The SMILES string of the molecule is CC(C)(C)OC(=O)c1ccc(-n2ccc(OCCC(C3CC3)C3CC3)n2)nc1Cl. The van der Waals surface area contributed by atoms with Crippen molar-refractivity contribution in [1.29, 1.82) is 0 Å². The molecule has 2 aromatic rings. The number of rotatable bonds is 8. The number of carbonyl (C=O) groups is 1. The van der Waals surface area contributed by atoms with Gasteiger partial charge in [0.15, 0.2) is 5.82 Å². The number of ether oxygens (including phenoxy) is 2. The van der Waals surface area contributed by atoms with Crippen LogP contribution in [0.1, 0.15) is 63.2 Å². The van der Waals surface area contributed by atoms with Gasteiger partial charge in [-0.25, -0.2) is 14.5 Å². The van der Waals surface area contributed by atoms with E-state index in [9.17, 15) is 4.79 Å². The van der Waals surface area contributed by atoms with Gasteiger partial charge in [0.2, 0.25) is 5.88 Å². The summed E-state index contributed by atoms with van der Waals surface area (Å²) in [6, 6.07) is 5.12. The summed E-state index contributed by atoms with van der Waals surface area (Å²) in [5, 5.41) is 4.52. The van der Waals surface area contributed by atoms with E-state index in [0.29, 0.717) is 18.3 Å². The number of nitrogens with zero attached hydrogens (tertiary/aromatic N) is 3. The molecular weight excluding hydrogens is 390 g/mol. The van der Waals surface area contributed by atoms with Gasteiger partial charge >= 0.3 is 5.97 Å². The Labute approximate surface area is 176 Å². The highest BCUT2D eigenvalue weighted by atomic mass is 35.5. The quantitative estimate of drug-likeness (QED) is 0.442. The van der Waals surface area contributed by atoms with Gasteiger partial charge in [-0.3, -0.25) is 0 Å². The van der Waals surface area contributed by atoms with Gasteiger partial charge in [-0.15, -0.1) is 5.10 Å². The summed E-state index contributed by atoms with van der Waals surface area (Å²) in [5.41, 5.74) is -0.356. The minimum Gasteiger partial charge on any atom is -0.477 e. The highest BCUT2D eigenvalue weighted by Gasteiger charge is 2.40. The molecular formula is C22H28ClN3O3. The van der Waals surface area contributed by atoms with Crippen LogP contribution in [0.15, 0.2) is 24.4 Å². The molecule has 2 aliphatic rings. The number of hydrogen-bond donors (Lipinski definition) is 0. The van der Waals surface area contributed by atoms with E-state index in [0.717, 1.165) is 24.2 Å². The van der Waals surface area contributed by atoms with Crippen LogP contribution >= 0.6 is 11.6 Å². The van der Waals surface area contributed by atoms with Crippen LogP contribution in [-0.2, 0) is 4.74 Å². The van der Waals surface area contributed by atoms with Crippen molar-refractivity contribution in [2.45, 2.75) is 58.5 Å². The van der Waals surface area contributed by atoms with E-state index >= 15 is 0 Å². The van der Waals surface area contributed by atoms with Crippen molar-refractivity contribution in [2.75, 3.05) is 6.61 Å². The summed E-state index contributed by atoms with van der Waals surface area (Å²) < 4.78 is 12.8. The van der Waals surface area contributed by atoms with Crippen molar-refractivity contribution >= 4 is 17.6 Å². The van der Waals surface area contributed by atoms with Gasteiger partial charge in [0.05, 0.1) is 12.2 Å². The topological polar surface area (TPSA) is 66.2 Å². The standard InChI is InChI=1S/C22H28ClN3O3/c1-22(2,3)29-21(27)17-8-9-18(24-20(17)23)26-12-10-19(25-26)28-13-11-16(14-4-5-14)15-6-7-15/h8-10,12,14-16H,4-7,11,13H2,1-3H3. The Morgan fingerprint density at radius 1 is 1.21 bits per heavy atom. The number of esters is 1. The molecule has 0 aliphatic heterocycles. The molecule has 2 aromatic heterocycles. The van der Waals surface area contributed by atoms with E-state index in [1.54, 1.807) is 23.0 Å². The molecule has 0 unspecified atom stereocenters. The van der Waals surface area contributed by atoms with E-state index in [-0.39, 0.29) is 10.7 Å². The van der Waals surface area contributed by atoms with E-state index in [4.69, 9.17) is 21.1 Å². The Hall–Kier alpha value is -2.08. The molecule has 0 atom stereocenters. The van der Waals surface area contributed by atoms with Crippen molar-refractivity contribution in [3.05, 3.63) is 35.1 Å². The Balaban J connectivity index is 1.36. The molecule has 2 heterocycles. The lowest BCUT2D eigenvalue weighted by atomic mass is 9.95. The second-order valence-corrected chi connectivity index (χ2v) is 9.44. The van der Waals surface area contributed by atoms with Crippen molar-refractivity contribution in [3.63, 3.8) is 0 Å². The molecule has 0 N–H and O–H groups in total. The third kappa shape index (κ3) is 5.30. The average Bonchev–Trinajstić information content (AvgIpc) is 3.57. The van der Waals surface area contributed by atoms with Crippen LogP contribution in [0.4, 0.5) is 0 Å². The molecule has 0 bridgehead atoms. The maximum absolute atomic E-state index is 12.2. The second-order valence-electron chi connectivity index (χ2n) is 9.08. The Morgan fingerprint density at radius 3 is 2.48 bits per heavy atom. The fourth-order valence-electron chi connectivity index (χ4n) is 3.75. The zero-order chi connectivity index (χ0) is 20.6. The smallest absolute Gasteiger partial charge is 0.341 e. The maximum atomic E-state index is 12.2. The Bertz CT molecular complexity index is 870. The van der Waals surface area contributed by atoms with Crippen LogP contribution in [-0.4, -0.2) is 32.9 Å². The number of pyridine rings is 1. The van der Waals surface area contributed by atoms with E-state index in [1.807, 2.05) is 26.8 Å². The summed E-state index contributed by atoms with van der Waals surface area (Å²) in [6.07, 6.45) is 8.45. The molecule has 0 spiro atoms. The minimum absolute atomic E-state index is 0.0893. The summed E-state index contributed by atoms with van der Waals surface area (Å²) in [4.78, 5) is 16.5. The molecule has 0 amide bonds. The monoisotopic (exact) mass is 417 g/mol. The highest BCUT2D eigenvalue weighted by molar-refractivity contribution is 6.32. The predicted molar refractivity (Wildman–Crippen MR) is 111 cm³/mol. The molecule has 156 valence electrons. The molecule has 0 aromatic carbocycles. The zero-order valence-electron chi connectivity index (χ0n) is 17.2. The summed E-state index contributed by atoms with van der Waals surface area (Å²) in [6.45, 7) is 6.12. The third-order valence-corrected chi connectivity index (χ3v) is 5.70. The Kier molecular flexibility index (Phi) is 5.56. The number of aromatic nitrogens is 3. The fraction of sp³-hybridized carbons (Fsp3) is 0.591. The van der Waals surface area contributed by atoms with Crippen LogP contribution in [0.3, 0.4) is 0 Å². The maximum Gasteiger partial charge on any atom is 0.341 e. The van der Waals surface area contributed by atoms with Crippen LogP contribution in [0.5, 0.6) is 5.88 Å². The molecule has 2 saturated carbocycles. The minimum atomic E-state index is -0.592. The first-order chi connectivity index (χ1) is 13.8. The van der Waals surface area contributed by atoms with Gasteiger partial charge in [0, 0.05) is 12.3 Å². The summed E-state index contributed by atoms with van der Waals surface area (Å²) in [7, 11) is 0. The average molecular weight is 418 g/mol. The lowest BCUT2D eigenvalue weighted by Gasteiger charge is -2.19. The normalized spacial score (nSPS) is 16.9. The first-order valence-electron chi connectivity index (χ1n) is 10.4. The van der Waals surface area contributed by atoms with Crippen LogP contribution in [0.25, 0.3) is 5.82 Å². The van der Waals surface area contributed by atoms with Crippen molar-refractivity contribution in [1.82, 2.24) is 14.8 Å². The van der Waals surface area contributed by atoms with Crippen LogP contribution in [0, 0.1) is 17.8 Å². The van der Waals surface area contributed by atoms with Crippen LogP contribution < -0.4 is 4.74 Å². The zero-order valence-corrected chi connectivity index (χ0v) is 18.0. The lowest BCUT2D eigenvalue weighted by molar-refractivity contribution is 0.00693. The van der Waals surface area contributed by atoms with Crippen molar-refractivity contribution in [2.24, 2.45) is 17.8 Å². The van der Waals surface area contributed by atoms with Gasteiger partial charge in [0.25, 0.3) is 0 Å². The van der Waals surface area contributed by atoms with Crippen molar-refractivity contribution in [3.8, 4) is 11.7 Å². The van der Waals surface area contributed by atoms with E-state index < -0.39 is 11.6 Å². The summed E-state index contributed by atoms with van der Waals surface area (Å²) >= 11 is 6.21. The molecule has 6 nitrogen and oxygen atoms in total. The first-order valence-corrected chi connectivity index (χ1v) is 10.8. The molecule has 4 rings (SSSR count). The van der Waals surface area contributed by atoms with Gasteiger partial charge in [-0.05, 0) is 82.8 Å². The third-order valence-electron chi connectivity index (χ3n) is 5.41. The van der Waals surface area contributed by atoms with Gasteiger partial charge < -0.3 is 9.47 Å². The van der Waals surface area contributed by atoms with Crippen LogP contribution in [0.2, 0.25) is 5.15 Å². The predicted octanol–water partition coefficient (Wildman–Crippen LogP) is 5.08. The van der Waals surface area contributed by atoms with Gasteiger partial charge in [0.1, 0.15) is 10.8 Å². The molecule has 7 heteroatoms. The first kappa shape index (κ1) is 20.2. The molecule has 29 heavy (non-hydrogen) atoms.